The summed E-state index contributed by atoms with van der Waals surface area (Å²) in [6.45, 7) is 3.79. The molecule has 144 valence electrons. The van der Waals surface area contributed by atoms with E-state index >= 15 is 0 Å². The van der Waals surface area contributed by atoms with Gasteiger partial charge in [-0.2, -0.15) is 8.42 Å². The van der Waals surface area contributed by atoms with Crippen molar-refractivity contribution in [1.82, 2.24) is 3.97 Å². The monoisotopic (exact) mass is 427 g/mol. The predicted octanol–water partition coefficient (Wildman–Crippen LogP) is 4.40. The number of nitrogens with zero attached hydrogens (tertiary/aromatic N) is 1. The zero-order valence-electron chi connectivity index (χ0n) is 14.7. The number of fused-ring (bicyclic) bond motifs is 1. The van der Waals surface area contributed by atoms with Crippen LogP contribution >= 0.6 is 22.9 Å². The molecule has 0 saturated carbocycles. The molecule has 27 heavy (non-hydrogen) atoms. The highest BCUT2D eigenvalue weighted by Crippen LogP contribution is 2.33. The van der Waals surface area contributed by atoms with E-state index in [0.29, 0.717) is 26.6 Å². The van der Waals surface area contributed by atoms with Crippen LogP contribution in [0.25, 0.3) is 10.9 Å². The molecule has 0 radical (unpaired) electrons. The summed E-state index contributed by atoms with van der Waals surface area (Å²) in [6, 6.07) is 8.12. The summed E-state index contributed by atoms with van der Waals surface area (Å²) >= 11 is 6.87. The number of rotatable bonds is 7. The molecule has 3 rings (SSSR count). The highest BCUT2D eigenvalue weighted by molar-refractivity contribution is 7.92. The SMILES string of the molecule is CC(C)Oc1ccc2c(c1)c(CCC(=O)O)cn2S(=O)(=O)c1ccc(Cl)s1. The van der Waals surface area contributed by atoms with Gasteiger partial charge in [-0.15, -0.1) is 11.3 Å². The van der Waals surface area contributed by atoms with Crippen molar-refractivity contribution in [3.8, 4) is 5.75 Å². The Labute approximate surface area is 166 Å². The van der Waals surface area contributed by atoms with Crippen LogP contribution in [0.3, 0.4) is 0 Å². The summed E-state index contributed by atoms with van der Waals surface area (Å²) in [5.41, 5.74) is 1.10. The van der Waals surface area contributed by atoms with Gasteiger partial charge in [0.25, 0.3) is 10.0 Å². The topological polar surface area (TPSA) is 85.6 Å². The lowest BCUT2D eigenvalue weighted by Crippen LogP contribution is -2.10. The Balaban J connectivity index is 2.16. The molecule has 2 heterocycles. The summed E-state index contributed by atoms with van der Waals surface area (Å²) in [6.07, 6.45) is 1.56. The second-order valence-corrected chi connectivity index (χ2v) is 10.0. The van der Waals surface area contributed by atoms with E-state index < -0.39 is 16.0 Å². The molecular weight excluding hydrogens is 410 g/mol. The van der Waals surface area contributed by atoms with Gasteiger partial charge in [-0.1, -0.05) is 11.6 Å². The maximum Gasteiger partial charge on any atom is 0.303 e. The molecule has 0 fully saturated rings. The summed E-state index contributed by atoms with van der Waals surface area (Å²) in [5.74, 6) is -0.346. The fourth-order valence-electron chi connectivity index (χ4n) is 2.76. The van der Waals surface area contributed by atoms with Crippen LogP contribution in [0.1, 0.15) is 25.8 Å². The molecule has 6 nitrogen and oxygen atoms in total. The van der Waals surface area contributed by atoms with Crippen LogP contribution in [-0.2, 0) is 21.2 Å². The van der Waals surface area contributed by atoms with Gasteiger partial charge >= 0.3 is 5.97 Å². The van der Waals surface area contributed by atoms with Crippen LogP contribution in [0.2, 0.25) is 4.34 Å². The lowest BCUT2D eigenvalue weighted by Gasteiger charge is -2.10. The normalized spacial score (nSPS) is 12.0. The van der Waals surface area contributed by atoms with E-state index in [1.807, 2.05) is 13.8 Å². The number of aromatic nitrogens is 1. The van der Waals surface area contributed by atoms with Crippen LogP contribution < -0.4 is 4.74 Å². The third-order valence-electron chi connectivity index (χ3n) is 3.87. The van der Waals surface area contributed by atoms with Gasteiger partial charge in [0.15, 0.2) is 0 Å². The Kier molecular flexibility index (Phi) is 5.50. The number of aryl methyl sites for hydroxylation is 1. The van der Waals surface area contributed by atoms with Crippen molar-refractivity contribution < 1.29 is 23.1 Å². The number of hydrogen-bond donors (Lipinski definition) is 1. The molecule has 0 aliphatic carbocycles. The molecule has 0 saturated heterocycles. The number of carbonyl (C=O) groups is 1. The Bertz CT molecular complexity index is 1100. The first-order valence-corrected chi connectivity index (χ1v) is 10.9. The van der Waals surface area contributed by atoms with Crippen molar-refractivity contribution in [2.24, 2.45) is 0 Å². The molecular formula is C18H18ClNO5S2. The highest BCUT2D eigenvalue weighted by Gasteiger charge is 2.23. The Hall–Kier alpha value is -2.03. The molecule has 0 aliphatic heterocycles. The molecule has 0 amide bonds. The average Bonchev–Trinajstić information content (AvgIpc) is 3.16. The van der Waals surface area contributed by atoms with Gasteiger partial charge in [-0.3, -0.25) is 4.79 Å². The number of carboxylic acid groups (broad SMARTS) is 1. The summed E-state index contributed by atoms with van der Waals surface area (Å²) in [5, 5.41) is 9.66. The van der Waals surface area contributed by atoms with Crippen LogP contribution in [0.15, 0.2) is 40.7 Å². The van der Waals surface area contributed by atoms with Crippen LogP contribution in [0, 0.1) is 0 Å². The molecule has 1 aromatic carbocycles. The molecule has 3 aromatic rings. The number of hydrogen-bond acceptors (Lipinski definition) is 5. The smallest absolute Gasteiger partial charge is 0.303 e. The molecule has 0 spiro atoms. The van der Waals surface area contributed by atoms with Crippen molar-refractivity contribution in [3.05, 3.63) is 46.4 Å². The average molecular weight is 428 g/mol. The van der Waals surface area contributed by atoms with E-state index in [2.05, 4.69) is 0 Å². The number of benzene rings is 1. The third-order valence-corrected chi connectivity index (χ3v) is 7.24. The van der Waals surface area contributed by atoms with Gasteiger partial charge in [-0.25, -0.2) is 3.97 Å². The second-order valence-electron chi connectivity index (χ2n) is 6.25. The number of thiophene rings is 1. The highest BCUT2D eigenvalue weighted by atomic mass is 35.5. The van der Waals surface area contributed by atoms with Gasteiger partial charge in [0.05, 0.1) is 16.0 Å². The number of ether oxygens (including phenoxy) is 1. The van der Waals surface area contributed by atoms with Crippen molar-refractivity contribution in [3.63, 3.8) is 0 Å². The standard InChI is InChI=1S/C18H18ClNO5S2/c1-11(2)25-13-4-5-15-14(9-13)12(3-7-17(21)22)10-20(15)27(23,24)18-8-6-16(19)26-18/h4-6,8-11H,3,7H2,1-2H3,(H,21,22). The lowest BCUT2D eigenvalue weighted by atomic mass is 10.1. The van der Waals surface area contributed by atoms with Crippen LogP contribution in [0.4, 0.5) is 0 Å². The van der Waals surface area contributed by atoms with E-state index in [-0.39, 0.29) is 23.2 Å². The van der Waals surface area contributed by atoms with E-state index in [9.17, 15) is 13.2 Å². The zero-order valence-corrected chi connectivity index (χ0v) is 17.1. The molecule has 9 heteroatoms. The third kappa shape index (κ3) is 4.12. The van der Waals surface area contributed by atoms with Gasteiger partial charge < -0.3 is 9.84 Å². The Morgan fingerprint density at radius 1 is 1.30 bits per heavy atom. The zero-order chi connectivity index (χ0) is 19.8. The van der Waals surface area contributed by atoms with Crippen molar-refractivity contribution in [1.29, 1.82) is 0 Å². The van der Waals surface area contributed by atoms with Crippen LogP contribution in [0.5, 0.6) is 5.75 Å². The number of halogens is 1. The first kappa shape index (κ1) is 19.7. The maximum absolute atomic E-state index is 13.0. The van der Waals surface area contributed by atoms with E-state index in [1.165, 1.54) is 22.3 Å². The van der Waals surface area contributed by atoms with Crippen LogP contribution in [-0.4, -0.2) is 29.6 Å². The molecule has 1 N–H and O–H groups in total. The predicted molar refractivity (Wildman–Crippen MR) is 106 cm³/mol. The minimum Gasteiger partial charge on any atom is -0.491 e. The van der Waals surface area contributed by atoms with Crippen molar-refractivity contribution >= 4 is 49.8 Å². The fraction of sp³-hybridized carbons (Fsp3) is 0.278. The lowest BCUT2D eigenvalue weighted by molar-refractivity contribution is -0.136. The van der Waals surface area contributed by atoms with E-state index in [4.69, 9.17) is 21.4 Å². The van der Waals surface area contributed by atoms with E-state index in [1.54, 1.807) is 18.2 Å². The maximum atomic E-state index is 13.0. The van der Waals surface area contributed by atoms with Crippen molar-refractivity contribution in [2.75, 3.05) is 0 Å². The van der Waals surface area contributed by atoms with Gasteiger partial charge in [0, 0.05) is 18.0 Å². The van der Waals surface area contributed by atoms with Gasteiger partial charge in [0.2, 0.25) is 0 Å². The molecule has 0 aliphatic rings. The van der Waals surface area contributed by atoms with Crippen molar-refractivity contribution in [2.45, 2.75) is 37.0 Å². The Morgan fingerprint density at radius 2 is 2.04 bits per heavy atom. The fourth-order valence-corrected chi connectivity index (χ4v) is 5.73. The second kappa shape index (κ2) is 7.53. The summed E-state index contributed by atoms with van der Waals surface area (Å²) < 4.78 is 33.5. The molecule has 0 bridgehead atoms. The number of aliphatic carboxylic acids is 1. The molecule has 0 atom stereocenters. The largest absolute Gasteiger partial charge is 0.491 e. The first-order valence-electron chi connectivity index (χ1n) is 8.22. The minimum atomic E-state index is -3.84. The first-order chi connectivity index (χ1) is 12.7. The summed E-state index contributed by atoms with van der Waals surface area (Å²) in [7, 11) is -3.84. The number of carboxylic acids is 1. The minimum absolute atomic E-state index is 0.0380. The molecule has 2 aromatic heterocycles. The Morgan fingerprint density at radius 3 is 2.63 bits per heavy atom. The quantitative estimate of drug-likeness (QED) is 0.604. The van der Waals surface area contributed by atoms with E-state index in [0.717, 1.165) is 11.3 Å². The summed E-state index contributed by atoms with van der Waals surface area (Å²) in [4.78, 5) is 11.0. The van der Waals surface area contributed by atoms with Gasteiger partial charge in [0.1, 0.15) is 9.96 Å². The van der Waals surface area contributed by atoms with Gasteiger partial charge in [-0.05, 0) is 56.2 Å². The molecule has 0 unspecified atom stereocenters.